The highest BCUT2D eigenvalue weighted by atomic mass is 32.2. The smallest absolute Gasteiger partial charge is 0.416 e. The number of halogens is 3. The maximum atomic E-state index is 12.9. The van der Waals surface area contributed by atoms with Crippen molar-refractivity contribution < 1.29 is 35.9 Å². The maximum Gasteiger partial charge on any atom is 0.416 e. The number of alkyl halides is 3. The Hall–Kier alpha value is -3.31. The lowest BCUT2D eigenvalue weighted by molar-refractivity contribution is -0.137. The zero-order valence-electron chi connectivity index (χ0n) is 17.1. The Morgan fingerprint density at radius 1 is 1.03 bits per heavy atom. The molecule has 1 amide bonds. The summed E-state index contributed by atoms with van der Waals surface area (Å²) in [5.41, 5.74) is -0.869. The van der Waals surface area contributed by atoms with Gasteiger partial charge >= 0.3 is 6.18 Å². The molecule has 1 aliphatic rings. The summed E-state index contributed by atoms with van der Waals surface area (Å²) in [5.74, 6) is -1.34. The minimum atomic E-state index is -4.53. The summed E-state index contributed by atoms with van der Waals surface area (Å²) in [6.45, 7) is 0.797. The standard InChI is InChI=1S/C22H19F3N2O5S/c23-22(24,25)15-5-3-4-14(12-15)19-8-9-20(32-19)21(29)26-17-13-16(6-7-18(17)28)33(30,31)27-10-1-2-11-27/h3-9,12-13,28H,1-2,10-11H2,(H,26,29). The molecule has 0 radical (unpaired) electrons. The van der Waals surface area contributed by atoms with E-state index >= 15 is 0 Å². The van der Waals surface area contributed by atoms with Crippen LogP contribution >= 0.6 is 0 Å². The first-order chi connectivity index (χ1) is 15.6. The third-order valence-corrected chi connectivity index (χ3v) is 7.12. The lowest BCUT2D eigenvalue weighted by atomic mass is 10.1. The van der Waals surface area contributed by atoms with Crippen molar-refractivity contribution in [2.75, 3.05) is 18.4 Å². The summed E-state index contributed by atoms with van der Waals surface area (Å²) >= 11 is 0. The number of phenolic OH excluding ortho intramolecular Hbond substituents is 1. The molecular formula is C22H19F3N2O5S. The summed E-state index contributed by atoms with van der Waals surface area (Å²) in [6.07, 6.45) is -3.01. The number of nitrogens with zero attached hydrogens (tertiary/aromatic N) is 1. The Labute approximate surface area is 187 Å². The van der Waals surface area contributed by atoms with Gasteiger partial charge in [0.15, 0.2) is 5.76 Å². The number of anilines is 1. The van der Waals surface area contributed by atoms with E-state index < -0.39 is 27.7 Å². The average Bonchev–Trinajstić information content (AvgIpc) is 3.47. The Balaban J connectivity index is 1.56. The number of carbonyl (C=O) groups is 1. The van der Waals surface area contributed by atoms with Crippen molar-refractivity contribution >= 4 is 21.6 Å². The fraction of sp³-hybridized carbons (Fsp3) is 0.227. The first-order valence-corrected chi connectivity index (χ1v) is 11.4. The molecule has 174 valence electrons. The van der Waals surface area contributed by atoms with Crippen LogP contribution in [0.15, 0.2) is 63.9 Å². The van der Waals surface area contributed by atoms with Crippen LogP contribution in [-0.2, 0) is 16.2 Å². The summed E-state index contributed by atoms with van der Waals surface area (Å²) in [5, 5.41) is 12.5. The van der Waals surface area contributed by atoms with E-state index in [9.17, 15) is 31.5 Å². The second kappa shape index (κ2) is 8.56. The van der Waals surface area contributed by atoms with E-state index in [1.807, 2.05) is 0 Å². The number of hydrogen-bond donors (Lipinski definition) is 2. The van der Waals surface area contributed by atoms with Crippen LogP contribution < -0.4 is 5.32 Å². The van der Waals surface area contributed by atoms with Gasteiger partial charge in [-0.05, 0) is 55.3 Å². The van der Waals surface area contributed by atoms with Crippen LogP contribution in [0.5, 0.6) is 5.75 Å². The molecule has 11 heteroatoms. The molecule has 2 heterocycles. The first-order valence-electron chi connectivity index (χ1n) is 9.98. The zero-order valence-corrected chi connectivity index (χ0v) is 17.9. The summed E-state index contributed by atoms with van der Waals surface area (Å²) < 4.78 is 71.1. The molecule has 0 spiro atoms. The van der Waals surface area contributed by atoms with Gasteiger partial charge in [-0.1, -0.05) is 12.1 Å². The number of benzene rings is 2. The molecule has 0 aliphatic carbocycles. The van der Waals surface area contributed by atoms with Crippen LogP contribution in [-0.4, -0.2) is 36.8 Å². The highest BCUT2D eigenvalue weighted by Gasteiger charge is 2.31. The minimum absolute atomic E-state index is 0.0424. The molecule has 0 unspecified atom stereocenters. The third-order valence-electron chi connectivity index (χ3n) is 5.22. The van der Waals surface area contributed by atoms with Crippen molar-refractivity contribution in [2.24, 2.45) is 0 Å². The Morgan fingerprint density at radius 2 is 1.76 bits per heavy atom. The number of nitrogens with one attached hydrogen (secondary N) is 1. The predicted molar refractivity (Wildman–Crippen MR) is 113 cm³/mol. The fourth-order valence-corrected chi connectivity index (χ4v) is 5.04. The topological polar surface area (TPSA) is 99.9 Å². The quantitative estimate of drug-likeness (QED) is 0.516. The molecule has 2 N–H and O–H groups in total. The molecule has 4 rings (SSSR count). The van der Waals surface area contributed by atoms with E-state index in [1.165, 1.54) is 34.6 Å². The van der Waals surface area contributed by atoms with Crippen LogP contribution in [0.4, 0.5) is 18.9 Å². The van der Waals surface area contributed by atoms with Gasteiger partial charge in [0.1, 0.15) is 11.5 Å². The largest absolute Gasteiger partial charge is 0.506 e. The van der Waals surface area contributed by atoms with E-state index in [1.54, 1.807) is 0 Å². The number of furan rings is 1. The Kier molecular flexibility index (Phi) is 5.93. The Bertz CT molecular complexity index is 1300. The molecule has 7 nitrogen and oxygen atoms in total. The van der Waals surface area contributed by atoms with Gasteiger partial charge in [0, 0.05) is 18.7 Å². The summed E-state index contributed by atoms with van der Waals surface area (Å²) in [7, 11) is -3.77. The molecule has 2 aromatic carbocycles. The first kappa shape index (κ1) is 22.9. The molecule has 0 saturated carbocycles. The number of amides is 1. The summed E-state index contributed by atoms with van der Waals surface area (Å²) in [4.78, 5) is 12.5. The van der Waals surface area contributed by atoms with Crippen molar-refractivity contribution in [1.82, 2.24) is 4.31 Å². The minimum Gasteiger partial charge on any atom is -0.506 e. The number of sulfonamides is 1. The van der Waals surface area contributed by atoms with Gasteiger partial charge in [0.05, 0.1) is 16.1 Å². The molecule has 3 aromatic rings. The predicted octanol–water partition coefficient (Wildman–Crippen LogP) is 4.71. The van der Waals surface area contributed by atoms with Crippen molar-refractivity contribution in [3.05, 3.63) is 65.9 Å². The number of aromatic hydroxyl groups is 1. The van der Waals surface area contributed by atoms with Crippen LogP contribution in [0, 0.1) is 0 Å². The van der Waals surface area contributed by atoms with Crippen LogP contribution in [0.3, 0.4) is 0 Å². The van der Waals surface area contributed by atoms with Crippen molar-refractivity contribution in [3.63, 3.8) is 0 Å². The number of carbonyl (C=O) groups excluding carboxylic acids is 1. The molecule has 0 atom stereocenters. The van der Waals surface area contributed by atoms with E-state index in [-0.39, 0.29) is 33.4 Å². The third kappa shape index (κ3) is 4.74. The van der Waals surface area contributed by atoms with Crippen molar-refractivity contribution in [1.29, 1.82) is 0 Å². The zero-order chi connectivity index (χ0) is 23.8. The van der Waals surface area contributed by atoms with E-state index in [0.29, 0.717) is 13.1 Å². The molecular weight excluding hydrogens is 461 g/mol. The van der Waals surface area contributed by atoms with E-state index in [2.05, 4.69) is 5.32 Å². The van der Waals surface area contributed by atoms with Crippen LogP contribution in [0.25, 0.3) is 11.3 Å². The molecule has 33 heavy (non-hydrogen) atoms. The molecule has 1 saturated heterocycles. The second-order valence-corrected chi connectivity index (χ2v) is 9.42. The lowest BCUT2D eigenvalue weighted by Gasteiger charge is -2.16. The highest BCUT2D eigenvalue weighted by molar-refractivity contribution is 7.89. The average molecular weight is 480 g/mol. The number of rotatable bonds is 5. The maximum absolute atomic E-state index is 12.9. The summed E-state index contributed by atoms with van der Waals surface area (Å²) in [6, 6.07) is 10.6. The lowest BCUT2D eigenvalue weighted by Crippen LogP contribution is -2.27. The molecule has 1 fully saturated rings. The SMILES string of the molecule is O=C(Nc1cc(S(=O)(=O)N2CCCC2)ccc1O)c1ccc(-c2cccc(C(F)(F)F)c2)o1. The fourth-order valence-electron chi connectivity index (χ4n) is 3.50. The van der Waals surface area contributed by atoms with Crippen LogP contribution in [0.2, 0.25) is 0 Å². The van der Waals surface area contributed by atoms with Gasteiger partial charge in [-0.25, -0.2) is 8.42 Å². The van der Waals surface area contributed by atoms with E-state index in [4.69, 9.17) is 4.42 Å². The molecule has 0 bridgehead atoms. The Morgan fingerprint density at radius 3 is 2.45 bits per heavy atom. The van der Waals surface area contributed by atoms with Gasteiger partial charge in [-0.2, -0.15) is 17.5 Å². The van der Waals surface area contributed by atoms with Gasteiger partial charge in [-0.15, -0.1) is 0 Å². The normalized spacial score (nSPS) is 15.0. The van der Waals surface area contributed by atoms with E-state index in [0.717, 1.165) is 37.1 Å². The van der Waals surface area contributed by atoms with Gasteiger partial charge in [0.25, 0.3) is 5.91 Å². The monoisotopic (exact) mass is 480 g/mol. The molecule has 1 aliphatic heterocycles. The second-order valence-electron chi connectivity index (χ2n) is 7.49. The van der Waals surface area contributed by atoms with Gasteiger partial charge in [-0.3, -0.25) is 4.79 Å². The van der Waals surface area contributed by atoms with Crippen molar-refractivity contribution in [2.45, 2.75) is 23.9 Å². The van der Waals surface area contributed by atoms with Crippen molar-refractivity contribution in [3.8, 4) is 17.1 Å². The number of hydrogen-bond acceptors (Lipinski definition) is 5. The number of phenols is 1. The van der Waals surface area contributed by atoms with Crippen LogP contribution in [0.1, 0.15) is 29.0 Å². The molecule has 1 aromatic heterocycles. The van der Waals surface area contributed by atoms with Gasteiger partial charge in [0.2, 0.25) is 10.0 Å². The van der Waals surface area contributed by atoms with Gasteiger partial charge < -0.3 is 14.8 Å². The highest BCUT2D eigenvalue weighted by Crippen LogP contribution is 2.33.